The molecule has 1 saturated heterocycles. The molecule has 0 saturated carbocycles. The fourth-order valence-corrected chi connectivity index (χ4v) is 2.45. The highest BCUT2D eigenvalue weighted by Gasteiger charge is 2.19. The summed E-state index contributed by atoms with van der Waals surface area (Å²) in [6.45, 7) is 10.5. The molecule has 2 heterocycles. The lowest BCUT2D eigenvalue weighted by Crippen LogP contribution is -2.48. The molecule has 7 heteroatoms. The Balaban J connectivity index is 1.83. The highest BCUT2D eigenvalue weighted by molar-refractivity contribution is 5.73. The fraction of sp³-hybridized carbons (Fsp3) is 0.588. The van der Waals surface area contributed by atoms with Crippen molar-refractivity contribution in [1.82, 2.24) is 15.2 Å². The number of carbonyl (C=O) groups excluding carboxylic acids is 2. The van der Waals surface area contributed by atoms with Crippen molar-refractivity contribution in [2.24, 2.45) is 0 Å². The maximum Gasteiger partial charge on any atom is 0.407 e. The minimum absolute atomic E-state index is 0.117. The highest BCUT2D eigenvalue weighted by Crippen LogP contribution is 2.14. The van der Waals surface area contributed by atoms with Crippen molar-refractivity contribution >= 4 is 17.8 Å². The first kappa shape index (κ1) is 18.0. The van der Waals surface area contributed by atoms with E-state index in [9.17, 15) is 9.59 Å². The first-order chi connectivity index (χ1) is 11.2. The topological polar surface area (TPSA) is 74.8 Å². The molecule has 0 atom stereocenters. The average molecular weight is 334 g/mol. The van der Waals surface area contributed by atoms with Crippen LogP contribution in [0.2, 0.25) is 0 Å². The summed E-state index contributed by atoms with van der Waals surface area (Å²) in [5.41, 5.74) is 0.403. The van der Waals surface area contributed by atoms with Gasteiger partial charge in [0, 0.05) is 45.8 Å². The standard InChI is InChI=1S/C17H26N4O3/c1-13(22)20-7-9-21(10-8-20)15-6-5-14(11-18-15)12-19-16(23)24-17(2,3)4/h5-6,11H,7-10,12H2,1-4H3,(H,19,23). The van der Waals surface area contributed by atoms with E-state index in [2.05, 4.69) is 15.2 Å². The summed E-state index contributed by atoms with van der Waals surface area (Å²) < 4.78 is 5.20. The second-order valence-corrected chi connectivity index (χ2v) is 6.87. The summed E-state index contributed by atoms with van der Waals surface area (Å²) in [6.07, 6.45) is 1.32. The monoisotopic (exact) mass is 334 g/mol. The first-order valence-electron chi connectivity index (χ1n) is 8.17. The average Bonchev–Trinajstić information content (AvgIpc) is 2.52. The Morgan fingerprint density at radius 2 is 1.88 bits per heavy atom. The van der Waals surface area contributed by atoms with Gasteiger partial charge in [0.1, 0.15) is 11.4 Å². The van der Waals surface area contributed by atoms with Crippen LogP contribution in [0.5, 0.6) is 0 Å². The lowest BCUT2D eigenvalue weighted by molar-refractivity contribution is -0.129. The minimum atomic E-state index is -0.506. The number of pyridine rings is 1. The quantitative estimate of drug-likeness (QED) is 0.912. The molecule has 2 amide bonds. The van der Waals surface area contributed by atoms with Crippen LogP contribution in [-0.2, 0) is 16.1 Å². The number of carbonyl (C=O) groups is 2. The van der Waals surface area contributed by atoms with Crippen molar-refractivity contribution in [3.63, 3.8) is 0 Å². The van der Waals surface area contributed by atoms with Crippen molar-refractivity contribution < 1.29 is 14.3 Å². The molecule has 24 heavy (non-hydrogen) atoms. The summed E-state index contributed by atoms with van der Waals surface area (Å²) >= 11 is 0. The molecule has 1 fully saturated rings. The molecule has 2 rings (SSSR count). The second kappa shape index (κ2) is 7.51. The summed E-state index contributed by atoms with van der Waals surface area (Å²) in [6, 6.07) is 3.88. The van der Waals surface area contributed by atoms with Crippen LogP contribution >= 0.6 is 0 Å². The number of rotatable bonds is 3. The van der Waals surface area contributed by atoms with E-state index < -0.39 is 11.7 Å². The molecule has 0 spiro atoms. The van der Waals surface area contributed by atoms with Crippen LogP contribution < -0.4 is 10.2 Å². The summed E-state index contributed by atoms with van der Waals surface area (Å²) in [4.78, 5) is 31.4. The van der Waals surface area contributed by atoms with Crippen molar-refractivity contribution in [2.45, 2.75) is 39.8 Å². The zero-order chi connectivity index (χ0) is 17.7. The zero-order valence-corrected chi connectivity index (χ0v) is 14.8. The van der Waals surface area contributed by atoms with Gasteiger partial charge in [-0.25, -0.2) is 9.78 Å². The maximum absolute atomic E-state index is 11.6. The highest BCUT2D eigenvalue weighted by atomic mass is 16.6. The molecule has 0 unspecified atom stereocenters. The van der Waals surface area contributed by atoms with E-state index in [4.69, 9.17) is 4.74 Å². The van der Waals surface area contributed by atoms with E-state index in [0.717, 1.165) is 37.6 Å². The van der Waals surface area contributed by atoms with Gasteiger partial charge in [-0.2, -0.15) is 0 Å². The number of nitrogens with one attached hydrogen (secondary N) is 1. The third-order valence-electron chi connectivity index (χ3n) is 3.69. The van der Waals surface area contributed by atoms with Gasteiger partial charge in [0.25, 0.3) is 0 Å². The predicted octanol–water partition coefficient (Wildman–Crippen LogP) is 1.77. The maximum atomic E-state index is 11.6. The number of ether oxygens (including phenoxy) is 1. The molecule has 1 aromatic heterocycles. The van der Waals surface area contributed by atoms with Crippen molar-refractivity contribution in [3.8, 4) is 0 Å². The largest absolute Gasteiger partial charge is 0.444 e. The van der Waals surface area contributed by atoms with E-state index in [1.165, 1.54) is 0 Å². The van der Waals surface area contributed by atoms with Crippen LogP contribution in [0.1, 0.15) is 33.3 Å². The number of aromatic nitrogens is 1. The van der Waals surface area contributed by atoms with E-state index in [-0.39, 0.29) is 5.91 Å². The Labute approximate surface area is 143 Å². The SMILES string of the molecule is CC(=O)N1CCN(c2ccc(CNC(=O)OC(C)(C)C)cn2)CC1. The normalized spacial score (nSPS) is 15.2. The molecule has 1 aliphatic heterocycles. The van der Waals surface area contributed by atoms with Crippen LogP contribution in [0.15, 0.2) is 18.3 Å². The molecule has 7 nitrogen and oxygen atoms in total. The molecule has 0 radical (unpaired) electrons. The van der Waals surface area contributed by atoms with Gasteiger partial charge in [-0.1, -0.05) is 6.07 Å². The molecule has 1 aromatic rings. The third kappa shape index (κ3) is 5.40. The van der Waals surface area contributed by atoms with Gasteiger partial charge in [0.05, 0.1) is 0 Å². The van der Waals surface area contributed by atoms with E-state index in [1.54, 1.807) is 13.1 Å². The Morgan fingerprint density at radius 1 is 1.21 bits per heavy atom. The molecule has 0 aromatic carbocycles. The van der Waals surface area contributed by atoms with Crippen LogP contribution in [0.25, 0.3) is 0 Å². The van der Waals surface area contributed by atoms with Gasteiger partial charge in [-0.05, 0) is 32.4 Å². The van der Waals surface area contributed by atoms with Crippen LogP contribution in [0, 0.1) is 0 Å². The smallest absolute Gasteiger partial charge is 0.407 e. The van der Waals surface area contributed by atoms with Crippen molar-refractivity contribution in [1.29, 1.82) is 0 Å². The number of hydrogen-bond acceptors (Lipinski definition) is 5. The number of nitrogens with zero attached hydrogens (tertiary/aromatic N) is 3. The van der Waals surface area contributed by atoms with Gasteiger partial charge in [0.15, 0.2) is 0 Å². The van der Waals surface area contributed by atoms with E-state index in [0.29, 0.717) is 6.54 Å². The zero-order valence-electron chi connectivity index (χ0n) is 14.8. The van der Waals surface area contributed by atoms with Gasteiger partial charge >= 0.3 is 6.09 Å². The Morgan fingerprint density at radius 3 is 2.38 bits per heavy atom. The number of amides is 2. The van der Waals surface area contributed by atoms with Crippen LogP contribution in [0.4, 0.5) is 10.6 Å². The molecule has 0 bridgehead atoms. The predicted molar refractivity (Wildman–Crippen MR) is 91.8 cm³/mol. The lowest BCUT2D eigenvalue weighted by Gasteiger charge is -2.34. The van der Waals surface area contributed by atoms with E-state index >= 15 is 0 Å². The first-order valence-corrected chi connectivity index (χ1v) is 8.17. The van der Waals surface area contributed by atoms with Gasteiger partial charge in [0.2, 0.25) is 5.91 Å². The number of anilines is 1. The Bertz CT molecular complexity index is 572. The molecule has 132 valence electrons. The molecule has 0 aliphatic carbocycles. The van der Waals surface area contributed by atoms with Crippen LogP contribution in [0.3, 0.4) is 0 Å². The summed E-state index contributed by atoms with van der Waals surface area (Å²) in [5.74, 6) is 1.00. The van der Waals surface area contributed by atoms with Crippen molar-refractivity contribution in [3.05, 3.63) is 23.9 Å². The number of piperazine rings is 1. The number of hydrogen-bond donors (Lipinski definition) is 1. The Kier molecular flexibility index (Phi) is 5.64. The van der Waals surface area contributed by atoms with Gasteiger partial charge in [-0.3, -0.25) is 4.79 Å². The number of alkyl carbamates (subject to hydrolysis) is 1. The summed E-state index contributed by atoms with van der Waals surface area (Å²) in [5, 5.41) is 2.71. The fourth-order valence-electron chi connectivity index (χ4n) is 2.45. The molecular formula is C17H26N4O3. The minimum Gasteiger partial charge on any atom is -0.444 e. The third-order valence-corrected chi connectivity index (χ3v) is 3.69. The molecule has 1 N–H and O–H groups in total. The van der Waals surface area contributed by atoms with Crippen LogP contribution in [-0.4, -0.2) is 53.7 Å². The molecule has 1 aliphatic rings. The summed E-state index contributed by atoms with van der Waals surface area (Å²) in [7, 11) is 0. The van der Waals surface area contributed by atoms with Crippen molar-refractivity contribution in [2.75, 3.05) is 31.1 Å². The van der Waals surface area contributed by atoms with E-state index in [1.807, 2.05) is 37.8 Å². The molecular weight excluding hydrogens is 308 g/mol. The van der Waals surface area contributed by atoms with Gasteiger partial charge in [-0.15, -0.1) is 0 Å². The van der Waals surface area contributed by atoms with Gasteiger partial charge < -0.3 is 19.9 Å². The Hall–Kier alpha value is -2.31. The second-order valence-electron chi connectivity index (χ2n) is 6.87. The lowest BCUT2D eigenvalue weighted by atomic mass is 10.2.